The predicted molar refractivity (Wildman–Crippen MR) is 75.1 cm³/mol. The van der Waals surface area contributed by atoms with Crippen LogP contribution < -0.4 is 5.73 Å². The topological polar surface area (TPSA) is 46.3 Å². The van der Waals surface area contributed by atoms with E-state index in [0.29, 0.717) is 11.8 Å². The highest BCUT2D eigenvalue weighted by atomic mass is 32.2. The van der Waals surface area contributed by atoms with Gasteiger partial charge in [0.2, 0.25) is 5.91 Å². The third kappa shape index (κ3) is 4.88. The summed E-state index contributed by atoms with van der Waals surface area (Å²) >= 11 is 1.96. The van der Waals surface area contributed by atoms with E-state index >= 15 is 0 Å². The van der Waals surface area contributed by atoms with Crippen LogP contribution >= 0.6 is 11.8 Å². The van der Waals surface area contributed by atoms with Gasteiger partial charge in [0.15, 0.2) is 0 Å². The summed E-state index contributed by atoms with van der Waals surface area (Å²) in [6, 6.07) is 0.201. The van der Waals surface area contributed by atoms with Gasteiger partial charge in [-0.1, -0.05) is 13.8 Å². The Balaban J connectivity index is 2.30. The Kier molecular flexibility index (Phi) is 6.34. The van der Waals surface area contributed by atoms with Gasteiger partial charge in [0.05, 0.1) is 0 Å². The molecule has 0 bridgehead atoms. The molecular formula is C13H26N2OS. The number of nitrogens with zero attached hydrogens (tertiary/aromatic N) is 1. The van der Waals surface area contributed by atoms with Crippen LogP contribution in [-0.4, -0.2) is 41.9 Å². The first-order valence-electron chi connectivity index (χ1n) is 6.60. The molecule has 1 aliphatic rings. The third-order valence-corrected chi connectivity index (χ3v) is 4.65. The summed E-state index contributed by atoms with van der Waals surface area (Å²) < 4.78 is 0. The molecule has 17 heavy (non-hydrogen) atoms. The molecule has 2 N–H and O–H groups in total. The van der Waals surface area contributed by atoms with Crippen molar-refractivity contribution in [3.8, 4) is 0 Å². The lowest BCUT2D eigenvalue weighted by atomic mass is 9.99. The molecule has 0 aromatic heterocycles. The average Bonchev–Trinajstić information content (AvgIpc) is 2.35. The number of amides is 1. The molecule has 0 spiro atoms. The largest absolute Gasteiger partial charge is 0.345 e. The van der Waals surface area contributed by atoms with Gasteiger partial charge in [0.1, 0.15) is 0 Å². The average molecular weight is 258 g/mol. The molecular weight excluding hydrogens is 232 g/mol. The monoisotopic (exact) mass is 258 g/mol. The fourth-order valence-corrected chi connectivity index (χ4v) is 3.15. The fourth-order valence-electron chi connectivity index (χ4n) is 2.04. The second-order valence-corrected chi connectivity index (χ2v) is 6.57. The lowest BCUT2D eigenvalue weighted by molar-refractivity contribution is -0.134. The summed E-state index contributed by atoms with van der Waals surface area (Å²) in [6.45, 7) is 5.05. The maximum absolute atomic E-state index is 12.2. The van der Waals surface area contributed by atoms with E-state index in [0.717, 1.165) is 37.3 Å². The van der Waals surface area contributed by atoms with E-state index in [1.165, 1.54) is 0 Å². The maximum Gasteiger partial charge on any atom is 0.225 e. The number of hydrogen-bond acceptors (Lipinski definition) is 3. The van der Waals surface area contributed by atoms with Crippen LogP contribution in [0.25, 0.3) is 0 Å². The zero-order chi connectivity index (χ0) is 12.8. The first kappa shape index (κ1) is 14.8. The highest BCUT2D eigenvalue weighted by Crippen LogP contribution is 2.24. The van der Waals surface area contributed by atoms with Gasteiger partial charge in [-0.25, -0.2) is 0 Å². The molecule has 0 radical (unpaired) electrons. The van der Waals surface area contributed by atoms with Crippen LogP contribution in [-0.2, 0) is 4.79 Å². The van der Waals surface area contributed by atoms with Gasteiger partial charge < -0.3 is 10.6 Å². The van der Waals surface area contributed by atoms with Crippen LogP contribution in [0.5, 0.6) is 0 Å². The number of nitrogens with two attached hydrogens (primary N) is 1. The quantitative estimate of drug-likeness (QED) is 0.820. The van der Waals surface area contributed by atoms with E-state index in [-0.39, 0.29) is 12.0 Å². The molecule has 0 aliphatic carbocycles. The van der Waals surface area contributed by atoms with Gasteiger partial charge in [0, 0.05) is 25.6 Å². The Morgan fingerprint density at radius 2 is 2.00 bits per heavy atom. The van der Waals surface area contributed by atoms with Crippen molar-refractivity contribution in [1.29, 1.82) is 0 Å². The van der Waals surface area contributed by atoms with Crippen molar-refractivity contribution in [1.82, 2.24) is 4.90 Å². The second-order valence-electron chi connectivity index (χ2n) is 5.34. The van der Waals surface area contributed by atoms with Crippen molar-refractivity contribution in [2.75, 3.05) is 25.1 Å². The van der Waals surface area contributed by atoms with Gasteiger partial charge in [-0.15, -0.1) is 0 Å². The fraction of sp³-hybridized carbons (Fsp3) is 0.923. The number of hydrogen-bond donors (Lipinski definition) is 1. The highest BCUT2D eigenvalue weighted by molar-refractivity contribution is 7.99. The first-order chi connectivity index (χ1) is 8.02. The Bertz CT molecular complexity index is 240. The van der Waals surface area contributed by atoms with Crippen LogP contribution in [0, 0.1) is 11.8 Å². The van der Waals surface area contributed by atoms with Gasteiger partial charge in [-0.2, -0.15) is 11.8 Å². The van der Waals surface area contributed by atoms with Gasteiger partial charge in [-0.05, 0) is 36.7 Å². The first-order valence-corrected chi connectivity index (χ1v) is 7.76. The molecule has 0 saturated carbocycles. The van der Waals surface area contributed by atoms with E-state index in [9.17, 15) is 4.79 Å². The van der Waals surface area contributed by atoms with E-state index in [2.05, 4.69) is 13.8 Å². The molecule has 0 aromatic carbocycles. The summed E-state index contributed by atoms with van der Waals surface area (Å²) in [6.07, 6.45) is 3.00. The Morgan fingerprint density at radius 3 is 2.53 bits per heavy atom. The van der Waals surface area contributed by atoms with Gasteiger partial charge in [-0.3, -0.25) is 4.79 Å². The van der Waals surface area contributed by atoms with Crippen LogP contribution in [0.1, 0.15) is 33.1 Å². The van der Waals surface area contributed by atoms with Crippen molar-refractivity contribution in [2.45, 2.75) is 39.2 Å². The van der Waals surface area contributed by atoms with Gasteiger partial charge >= 0.3 is 0 Å². The minimum absolute atomic E-state index is 0.201. The summed E-state index contributed by atoms with van der Waals surface area (Å²) in [5.41, 5.74) is 6.00. The SMILES string of the molecule is CC(C)C(N)CCN(C)C(=O)C1CCSCC1. The number of carbonyl (C=O) groups excluding carboxylic acids is 1. The third-order valence-electron chi connectivity index (χ3n) is 3.60. The number of carbonyl (C=O) groups is 1. The molecule has 1 amide bonds. The zero-order valence-corrected chi connectivity index (χ0v) is 12.1. The molecule has 1 aliphatic heterocycles. The minimum atomic E-state index is 0.201. The summed E-state index contributed by atoms with van der Waals surface area (Å²) in [5, 5.41) is 0. The summed E-state index contributed by atoms with van der Waals surface area (Å²) in [7, 11) is 1.91. The maximum atomic E-state index is 12.2. The second kappa shape index (κ2) is 7.27. The van der Waals surface area contributed by atoms with Crippen molar-refractivity contribution in [3.63, 3.8) is 0 Å². The van der Waals surface area contributed by atoms with Crippen molar-refractivity contribution >= 4 is 17.7 Å². The summed E-state index contributed by atoms with van der Waals surface area (Å²) in [5.74, 6) is 3.34. The Labute approximate surface area is 109 Å². The van der Waals surface area contributed by atoms with Crippen molar-refractivity contribution in [2.24, 2.45) is 17.6 Å². The van der Waals surface area contributed by atoms with Crippen LogP contribution in [0.4, 0.5) is 0 Å². The Hall–Kier alpha value is -0.220. The molecule has 1 rings (SSSR count). The molecule has 1 heterocycles. The van der Waals surface area contributed by atoms with E-state index in [1.807, 2.05) is 23.7 Å². The van der Waals surface area contributed by atoms with Crippen LogP contribution in [0.3, 0.4) is 0 Å². The van der Waals surface area contributed by atoms with Crippen molar-refractivity contribution in [3.05, 3.63) is 0 Å². The standard InChI is InChI=1S/C13H26N2OS/c1-10(2)12(14)4-7-15(3)13(16)11-5-8-17-9-6-11/h10-12H,4-9,14H2,1-3H3. The molecule has 1 unspecified atom stereocenters. The van der Waals surface area contributed by atoms with Crippen LogP contribution in [0.2, 0.25) is 0 Å². The normalized spacial score (nSPS) is 19.4. The number of rotatable bonds is 5. The predicted octanol–water partition coefficient (Wildman–Crippen LogP) is 1.96. The van der Waals surface area contributed by atoms with Gasteiger partial charge in [0.25, 0.3) is 0 Å². The van der Waals surface area contributed by atoms with E-state index in [4.69, 9.17) is 5.73 Å². The zero-order valence-electron chi connectivity index (χ0n) is 11.3. The molecule has 1 atom stereocenters. The summed E-state index contributed by atoms with van der Waals surface area (Å²) in [4.78, 5) is 14.0. The number of thioether (sulfide) groups is 1. The molecule has 1 saturated heterocycles. The molecule has 0 aromatic rings. The van der Waals surface area contributed by atoms with E-state index < -0.39 is 0 Å². The smallest absolute Gasteiger partial charge is 0.225 e. The molecule has 3 nitrogen and oxygen atoms in total. The molecule has 1 fully saturated rings. The minimum Gasteiger partial charge on any atom is -0.345 e. The molecule has 4 heteroatoms. The van der Waals surface area contributed by atoms with E-state index in [1.54, 1.807) is 0 Å². The van der Waals surface area contributed by atoms with Crippen molar-refractivity contribution < 1.29 is 4.79 Å². The Morgan fingerprint density at radius 1 is 1.41 bits per heavy atom. The highest BCUT2D eigenvalue weighted by Gasteiger charge is 2.24. The molecule has 100 valence electrons. The van der Waals surface area contributed by atoms with Crippen LogP contribution in [0.15, 0.2) is 0 Å². The lowest BCUT2D eigenvalue weighted by Gasteiger charge is -2.27. The lowest BCUT2D eigenvalue weighted by Crippen LogP contribution is -2.38.